The number of primary amides is 1. The van der Waals surface area contributed by atoms with Crippen LogP contribution in [-0.4, -0.2) is 69.5 Å². The summed E-state index contributed by atoms with van der Waals surface area (Å²) < 4.78 is 0.595. The van der Waals surface area contributed by atoms with Gasteiger partial charge in [-0.1, -0.05) is 75.5 Å². The Morgan fingerprint density at radius 3 is 2.04 bits per heavy atom. The first kappa shape index (κ1) is 37.7. The van der Waals surface area contributed by atoms with Crippen molar-refractivity contribution in [3.63, 3.8) is 0 Å². The molecule has 0 heterocycles. The second kappa shape index (κ2) is 16.2. The monoisotopic (exact) mass is 658 g/mol. The van der Waals surface area contributed by atoms with Gasteiger partial charge in [-0.05, 0) is 49.9 Å². The Hall–Kier alpha value is -3.48. The Bertz CT molecular complexity index is 1350. The molecule has 0 saturated heterocycles. The number of amides is 4. The van der Waals surface area contributed by atoms with Gasteiger partial charge in [-0.3, -0.25) is 19.2 Å². The Labute approximate surface area is 275 Å². The van der Waals surface area contributed by atoms with Crippen LogP contribution in [-0.2, 0) is 25.6 Å². The van der Waals surface area contributed by atoms with Crippen LogP contribution in [0.4, 0.5) is 0 Å². The van der Waals surface area contributed by atoms with Crippen LogP contribution in [0.1, 0.15) is 58.6 Å². The van der Waals surface area contributed by atoms with Gasteiger partial charge in [0.25, 0.3) is 0 Å². The van der Waals surface area contributed by atoms with Crippen LogP contribution in [0.15, 0.2) is 54.6 Å². The minimum absolute atomic E-state index is 0.0301. The maximum absolute atomic E-state index is 13.7. The number of thiocarbonyl (C=S) groups is 1. The summed E-state index contributed by atoms with van der Waals surface area (Å²) in [7, 11) is 1.50. The van der Waals surface area contributed by atoms with Gasteiger partial charge in [0.2, 0.25) is 23.6 Å². The van der Waals surface area contributed by atoms with E-state index in [1.165, 1.54) is 30.9 Å². The highest BCUT2D eigenvalue weighted by Gasteiger charge is 2.48. The van der Waals surface area contributed by atoms with E-state index >= 15 is 0 Å². The summed E-state index contributed by atoms with van der Waals surface area (Å²) in [5, 5.41) is 27.6. The molecular formula is C33H46N4O6S2. The Kier molecular flexibility index (Phi) is 13.6. The van der Waals surface area contributed by atoms with Gasteiger partial charge in [0.1, 0.15) is 11.8 Å². The molecule has 0 saturated carbocycles. The number of phenols is 1. The van der Waals surface area contributed by atoms with Crippen LogP contribution >= 0.6 is 24.0 Å². The van der Waals surface area contributed by atoms with Crippen molar-refractivity contribution >= 4 is 51.8 Å². The van der Waals surface area contributed by atoms with Crippen molar-refractivity contribution in [2.45, 2.75) is 66.0 Å². The van der Waals surface area contributed by atoms with Crippen LogP contribution in [0, 0.1) is 16.2 Å². The Balaban J connectivity index is 2.35. The van der Waals surface area contributed by atoms with Crippen molar-refractivity contribution < 1.29 is 29.4 Å². The molecule has 45 heavy (non-hydrogen) atoms. The van der Waals surface area contributed by atoms with E-state index in [0.29, 0.717) is 9.76 Å². The summed E-state index contributed by atoms with van der Waals surface area (Å²) in [4.78, 5) is 53.1. The molecule has 2 aromatic rings. The lowest BCUT2D eigenvalue weighted by Gasteiger charge is -2.41. The van der Waals surface area contributed by atoms with Gasteiger partial charge in [-0.2, -0.15) is 0 Å². The number of nitrogens with one attached hydrogen (secondary N) is 3. The van der Waals surface area contributed by atoms with Gasteiger partial charge in [0, 0.05) is 36.6 Å². The molecule has 0 aliphatic carbocycles. The van der Waals surface area contributed by atoms with Crippen molar-refractivity contribution in [3.8, 4) is 5.75 Å². The average molecular weight is 659 g/mol. The molecule has 0 bridgehead atoms. The highest BCUT2D eigenvalue weighted by atomic mass is 32.2. The second-order valence-electron chi connectivity index (χ2n) is 12.7. The molecule has 0 spiro atoms. The standard InChI is InChI=1S/C33H46N4O6S2/c1-21(38)17-36-30(43)33(5,20-45-27(44)23-10-8-7-9-11-23)19-32(4,29(42)35-6)18-31(2,3)28(41)37-25(26(34)40)16-22-12-14-24(39)15-13-22/h7-15,21,25,38-39H,16-20H2,1-6H3,(H2,34,40)(H,35,42)(H,36,43)(H,37,41). The molecule has 0 fully saturated rings. The van der Waals surface area contributed by atoms with Crippen molar-refractivity contribution in [3.05, 3.63) is 65.7 Å². The van der Waals surface area contributed by atoms with E-state index in [0.717, 1.165) is 5.56 Å². The summed E-state index contributed by atoms with van der Waals surface area (Å²) in [6.07, 6.45) is -0.573. The minimum atomic E-state index is -1.22. The SMILES string of the molecule is CNC(=O)C(C)(CC(C)(C)C(=O)NC(Cc1ccc(O)cc1)C(N)=O)CC(C)(CSC(=S)c1ccccc1)C(=O)NCC(C)O. The summed E-state index contributed by atoms with van der Waals surface area (Å²) in [5.41, 5.74) is 3.62. The van der Waals surface area contributed by atoms with Crippen molar-refractivity contribution in [1.29, 1.82) is 0 Å². The highest BCUT2D eigenvalue weighted by molar-refractivity contribution is 8.23. The number of hydrogen-bond acceptors (Lipinski definition) is 8. The van der Waals surface area contributed by atoms with Gasteiger partial charge in [0.05, 0.1) is 15.7 Å². The summed E-state index contributed by atoms with van der Waals surface area (Å²) in [5.74, 6) is -1.62. The summed E-state index contributed by atoms with van der Waals surface area (Å²) >= 11 is 6.97. The van der Waals surface area contributed by atoms with E-state index in [-0.39, 0.29) is 49.1 Å². The molecule has 4 unspecified atom stereocenters. The van der Waals surface area contributed by atoms with E-state index in [1.54, 1.807) is 46.8 Å². The largest absolute Gasteiger partial charge is 0.508 e. The molecular weight excluding hydrogens is 613 g/mol. The first-order chi connectivity index (χ1) is 20.9. The Morgan fingerprint density at radius 1 is 0.911 bits per heavy atom. The summed E-state index contributed by atoms with van der Waals surface area (Å²) in [6, 6.07) is 14.6. The van der Waals surface area contributed by atoms with E-state index in [1.807, 2.05) is 30.3 Å². The highest BCUT2D eigenvalue weighted by Crippen LogP contribution is 2.45. The molecule has 7 N–H and O–H groups in total. The van der Waals surface area contributed by atoms with E-state index < -0.39 is 40.2 Å². The number of rotatable bonds is 16. The predicted octanol–water partition coefficient (Wildman–Crippen LogP) is 3.08. The van der Waals surface area contributed by atoms with Crippen molar-refractivity contribution in [2.75, 3.05) is 19.3 Å². The Morgan fingerprint density at radius 2 is 1.51 bits per heavy atom. The van der Waals surface area contributed by atoms with Crippen LogP contribution in [0.25, 0.3) is 0 Å². The zero-order valence-electron chi connectivity index (χ0n) is 26.8. The average Bonchev–Trinajstić information content (AvgIpc) is 2.98. The lowest BCUT2D eigenvalue weighted by atomic mass is 9.65. The topological polar surface area (TPSA) is 171 Å². The van der Waals surface area contributed by atoms with Gasteiger partial charge in [0.15, 0.2) is 0 Å². The van der Waals surface area contributed by atoms with Gasteiger partial charge < -0.3 is 31.9 Å². The summed E-state index contributed by atoms with van der Waals surface area (Å²) in [6.45, 7) is 8.40. The quantitative estimate of drug-likeness (QED) is 0.150. The van der Waals surface area contributed by atoms with Crippen molar-refractivity contribution in [2.24, 2.45) is 22.0 Å². The number of carbonyl (C=O) groups excluding carboxylic acids is 4. The molecule has 4 atom stereocenters. The zero-order valence-corrected chi connectivity index (χ0v) is 28.4. The molecule has 4 amide bonds. The number of aliphatic hydroxyl groups is 1. The fourth-order valence-electron chi connectivity index (χ4n) is 5.42. The number of aliphatic hydroxyl groups excluding tert-OH is 1. The molecule has 0 aromatic heterocycles. The normalized spacial score (nSPS) is 15.4. The molecule has 2 aromatic carbocycles. The number of aromatic hydroxyl groups is 1. The van der Waals surface area contributed by atoms with Crippen LogP contribution in [0.2, 0.25) is 0 Å². The third kappa shape index (κ3) is 11.1. The van der Waals surface area contributed by atoms with Gasteiger partial charge in [-0.15, -0.1) is 11.8 Å². The molecule has 0 aliphatic rings. The third-order valence-electron chi connectivity index (χ3n) is 7.66. The number of benzene rings is 2. The first-order valence-corrected chi connectivity index (χ1v) is 16.1. The first-order valence-electron chi connectivity index (χ1n) is 14.7. The fourth-order valence-corrected chi connectivity index (χ4v) is 6.72. The molecule has 10 nitrogen and oxygen atoms in total. The number of nitrogens with two attached hydrogens (primary N) is 1. The number of carbonyl (C=O) groups is 4. The number of hydrogen-bond donors (Lipinski definition) is 6. The molecule has 12 heteroatoms. The van der Waals surface area contributed by atoms with Gasteiger partial charge in [-0.25, -0.2) is 0 Å². The molecule has 0 radical (unpaired) electrons. The molecule has 246 valence electrons. The van der Waals surface area contributed by atoms with Crippen LogP contribution in [0.3, 0.4) is 0 Å². The zero-order chi connectivity index (χ0) is 34.0. The molecule has 2 rings (SSSR count). The maximum atomic E-state index is 13.7. The fraction of sp³-hybridized carbons (Fsp3) is 0.485. The van der Waals surface area contributed by atoms with Gasteiger partial charge >= 0.3 is 0 Å². The predicted molar refractivity (Wildman–Crippen MR) is 182 cm³/mol. The third-order valence-corrected chi connectivity index (χ3v) is 9.53. The van der Waals surface area contributed by atoms with Crippen LogP contribution in [0.5, 0.6) is 5.75 Å². The van der Waals surface area contributed by atoms with E-state index in [9.17, 15) is 29.4 Å². The smallest absolute Gasteiger partial charge is 0.240 e. The van der Waals surface area contributed by atoms with E-state index in [2.05, 4.69) is 16.0 Å². The van der Waals surface area contributed by atoms with Crippen LogP contribution < -0.4 is 21.7 Å². The number of phenolic OH excluding ortho intramolecular Hbond substituents is 1. The lowest BCUT2D eigenvalue weighted by molar-refractivity contribution is -0.141. The second-order valence-corrected chi connectivity index (χ2v) is 14.4. The molecule has 0 aliphatic heterocycles. The van der Waals surface area contributed by atoms with E-state index in [4.69, 9.17) is 18.0 Å². The lowest BCUT2D eigenvalue weighted by Crippen LogP contribution is -2.53. The van der Waals surface area contributed by atoms with Crippen molar-refractivity contribution in [1.82, 2.24) is 16.0 Å². The minimum Gasteiger partial charge on any atom is -0.508 e. The number of thioether (sulfide) groups is 1. The maximum Gasteiger partial charge on any atom is 0.240 e.